The Labute approximate surface area is 169 Å². The first kappa shape index (κ1) is 19.0. The Hall–Kier alpha value is -3.35. The van der Waals surface area contributed by atoms with Crippen LogP contribution in [0.25, 0.3) is 5.69 Å². The van der Waals surface area contributed by atoms with Gasteiger partial charge < -0.3 is 9.64 Å². The van der Waals surface area contributed by atoms with Gasteiger partial charge in [-0.25, -0.2) is 0 Å². The van der Waals surface area contributed by atoms with Gasteiger partial charge in [0, 0.05) is 44.5 Å². The van der Waals surface area contributed by atoms with Crippen LogP contribution in [0.4, 0.5) is 0 Å². The number of hydrogen-bond acceptors (Lipinski definition) is 4. The van der Waals surface area contributed by atoms with E-state index in [-0.39, 0.29) is 17.4 Å². The number of carbonyl (C=O) groups is 1. The number of hydrogen-bond donors (Lipinski definition) is 0. The van der Waals surface area contributed by atoms with Gasteiger partial charge in [-0.15, -0.1) is 0 Å². The van der Waals surface area contributed by atoms with E-state index in [9.17, 15) is 9.59 Å². The quantitative estimate of drug-likeness (QED) is 0.669. The van der Waals surface area contributed by atoms with E-state index in [0.29, 0.717) is 30.9 Å². The molecule has 1 aromatic carbocycles. The molecule has 7 nitrogen and oxygen atoms in total. The molecule has 1 unspecified atom stereocenters. The maximum atomic E-state index is 13.1. The molecule has 4 rings (SSSR count). The molecule has 0 bridgehead atoms. The number of piperidine rings is 1. The number of ether oxygens (including phenoxy) is 1. The molecule has 1 aliphatic heterocycles. The molecule has 29 heavy (non-hydrogen) atoms. The Morgan fingerprint density at radius 2 is 2.00 bits per heavy atom. The summed E-state index contributed by atoms with van der Waals surface area (Å²) in [5.74, 6) is 1.07. The standard InChI is InChI=1S/C22H24N4O3/c1-24-15-19(12-23-24)26-14-18(9-10-21(26)27)22(28)25-11-5-6-17(13-25)16-29-20-7-3-2-4-8-20/h2-4,7-10,12,14-15,17H,5-6,11,13,16H2,1H3. The fourth-order valence-corrected chi connectivity index (χ4v) is 3.65. The number of pyridine rings is 1. The molecule has 0 N–H and O–H groups in total. The van der Waals surface area contributed by atoms with Crippen molar-refractivity contribution in [1.82, 2.24) is 19.2 Å². The highest BCUT2D eigenvalue weighted by Gasteiger charge is 2.25. The SMILES string of the molecule is Cn1cc(-n2cc(C(=O)N3CCCC(COc4ccccc4)C3)ccc2=O)cn1. The van der Waals surface area contributed by atoms with Gasteiger partial charge in [0.15, 0.2) is 0 Å². The monoisotopic (exact) mass is 392 g/mol. The number of para-hydroxylation sites is 1. The molecule has 1 saturated heterocycles. The van der Waals surface area contributed by atoms with Crippen molar-refractivity contribution in [3.8, 4) is 11.4 Å². The number of benzene rings is 1. The van der Waals surface area contributed by atoms with Gasteiger partial charge in [-0.2, -0.15) is 5.10 Å². The van der Waals surface area contributed by atoms with E-state index < -0.39 is 0 Å². The summed E-state index contributed by atoms with van der Waals surface area (Å²) in [6.45, 7) is 1.95. The van der Waals surface area contributed by atoms with E-state index in [1.165, 1.54) is 10.6 Å². The van der Waals surface area contributed by atoms with Crippen LogP contribution in [0.1, 0.15) is 23.2 Å². The van der Waals surface area contributed by atoms with E-state index in [0.717, 1.165) is 18.6 Å². The predicted molar refractivity (Wildman–Crippen MR) is 109 cm³/mol. The maximum absolute atomic E-state index is 13.1. The summed E-state index contributed by atoms with van der Waals surface area (Å²) in [6.07, 6.45) is 6.93. The van der Waals surface area contributed by atoms with Gasteiger partial charge in [0.25, 0.3) is 11.5 Å². The lowest BCUT2D eigenvalue weighted by Gasteiger charge is -2.32. The van der Waals surface area contributed by atoms with Crippen molar-refractivity contribution in [1.29, 1.82) is 0 Å². The molecular formula is C22H24N4O3. The number of rotatable bonds is 5. The summed E-state index contributed by atoms with van der Waals surface area (Å²) >= 11 is 0. The Morgan fingerprint density at radius 3 is 2.76 bits per heavy atom. The van der Waals surface area contributed by atoms with Crippen molar-refractivity contribution in [2.24, 2.45) is 13.0 Å². The van der Waals surface area contributed by atoms with Crippen LogP contribution < -0.4 is 10.3 Å². The second kappa shape index (κ2) is 8.34. The maximum Gasteiger partial charge on any atom is 0.255 e. The average molecular weight is 392 g/mol. The van der Waals surface area contributed by atoms with Gasteiger partial charge in [-0.05, 0) is 31.0 Å². The zero-order valence-corrected chi connectivity index (χ0v) is 16.4. The second-order valence-electron chi connectivity index (χ2n) is 7.38. The van der Waals surface area contributed by atoms with Gasteiger partial charge in [0.05, 0.1) is 24.1 Å². The Bertz CT molecular complexity index is 1040. The summed E-state index contributed by atoms with van der Waals surface area (Å²) in [7, 11) is 1.79. The molecule has 1 aliphatic rings. The molecule has 0 aliphatic carbocycles. The van der Waals surface area contributed by atoms with Crippen LogP contribution in [0.3, 0.4) is 0 Å². The number of aromatic nitrogens is 3. The highest BCUT2D eigenvalue weighted by atomic mass is 16.5. The van der Waals surface area contributed by atoms with Crippen molar-refractivity contribution in [2.45, 2.75) is 12.8 Å². The smallest absolute Gasteiger partial charge is 0.255 e. The van der Waals surface area contributed by atoms with Gasteiger partial charge >= 0.3 is 0 Å². The van der Waals surface area contributed by atoms with Crippen molar-refractivity contribution in [3.63, 3.8) is 0 Å². The molecule has 0 saturated carbocycles. The van der Waals surface area contributed by atoms with E-state index in [2.05, 4.69) is 5.10 Å². The fraction of sp³-hybridized carbons (Fsp3) is 0.318. The largest absolute Gasteiger partial charge is 0.493 e. The number of amides is 1. The minimum absolute atomic E-state index is 0.0629. The predicted octanol–water partition coefficient (Wildman–Crippen LogP) is 2.50. The second-order valence-corrected chi connectivity index (χ2v) is 7.38. The van der Waals surface area contributed by atoms with E-state index in [1.54, 1.807) is 36.4 Å². The van der Waals surface area contributed by atoms with Gasteiger partial charge in [0.2, 0.25) is 0 Å². The van der Waals surface area contributed by atoms with Gasteiger partial charge in [-0.3, -0.25) is 18.8 Å². The van der Waals surface area contributed by atoms with Crippen LogP contribution in [-0.4, -0.2) is 44.9 Å². The zero-order valence-electron chi connectivity index (χ0n) is 16.4. The first-order valence-corrected chi connectivity index (χ1v) is 9.79. The number of carbonyl (C=O) groups excluding carboxylic acids is 1. The lowest BCUT2D eigenvalue weighted by atomic mass is 9.98. The number of nitrogens with zero attached hydrogens (tertiary/aromatic N) is 4. The van der Waals surface area contributed by atoms with Crippen LogP contribution in [0, 0.1) is 5.92 Å². The molecule has 150 valence electrons. The minimum atomic E-state index is -0.192. The summed E-state index contributed by atoms with van der Waals surface area (Å²) < 4.78 is 8.96. The first-order chi connectivity index (χ1) is 14.1. The van der Waals surface area contributed by atoms with Crippen molar-refractivity contribution in [3.05, 3.63) is 77.0 Å². The fourth-order valence-electron chi connectivity index (χ4n) is 3.65. The molecule has 1 atom stereocenters. The number of aryl methyl sites for hydroxylation is 1. The zero-order chi connectivity index (χ0) is 20.2. The summed E-state index contributed by atoms with van der Waals surface area (Å²) in [6, 6.07) is 12.8. The van der Waals surface area contributed by atoms with Gasteiger partial charge in [0.1, 0.15) is 5.75 Å². The van der Waals surface area contributed by atoms with Crippen molar-refractivity contribution in [2.75, 3.05) is 19.7 Å². The molecule has 2 aromatic heterocycles. The lowest BCUT2D eigenvalue weighted by molar-refractivity contribution is 0.0632. The van der Waals surface area contributed by atoms with Crippen LogP contribution in [-0.2, 0) is 7.05 Å². The summed E-state index contributed by atoms with van der Waals surface area (Å²) in [5.41, 5.74) is 0.945. The topological polar surface area (TPSA) is 69.4 Å². The lowest BCUT2D eigenvalue weighted by Crippen LogP contribution is -2.41. The van der Waals surface area contributed by atoms with Crippen molar-refractivity contribution >= 4 is 5.91 Å². The highest BCUT2D eigenvalue weighted by molar-refractivity contribution is 5.94. The Morgan fingerprint density at radius 1 is 1.17 bits per heavy atom. The third kappa shape index (κ3) is 4.39. The average Bonchev–Trinajstić information content (AvgIpc) is 3.19. The molecule has 0 spiro atoms. The first-order valence-electron chi connectivity index (χ1n) is 9.79. The minimum Gasteiger partial charge on any atom is -0.493 e. The molecule has 1 fully saturated rings. The van der Waals surface area contributed by atoms with Crippen LogP contribution in [0.2, 0.25) is 0 Å². The molecule has 1 amide bonds. The Balaban J connectivity index is 1.45. The van der Waals surface area contributed by atoms with Crippen LogP contribution >= 0.6 is 0 Å². The van der Waals surface area contributed by atoms with Crippen LogP contribution in [0.5, 0.6) is 5.75 Å². The summed E-state index contributed by atoms with van der Waals surface area (Å²) in [5, 5.41) is 4.10. The van der Waals surface area contributed by atoms with E-state index in [4.69, 9.17) is 4.74 Å². The molecule has 0 radical (unpaired) electrons. The molecule has 3 heterocycles. The highest BCUT2D eigenvalue weighted by Crippen LogP contribution is 2.20. The van der Waals surface area contributed by atoms with Gasteiger partial charge in [-0.1, -0.05) is 18.2 Å². The summed E-state index contributed by atoms with van der Waals surface area (Å²) in [4.78, 5) is 27.2. The van der Waals surface area contributed by atoms with Crippen LogP contribution in [0.15, 0.2) is 65.8 Å². The van der Waals surface area contributed by atoms with Crippen molar-refractivity contribution < 1.29 is 9.53 Å². The number of likely N-dealkylation sites (tertiary alicyclic amines) is 1. The third-order valence-corrected chi connectivity index (χ3v) is 5.16. The normalized spacial score (nSPS) is 16.6. The van der Waals surface area contributed by atoms with E-state index >= 15 is 0 Å². The molecule has 7 heteroatoms. The Kier molecular flexibility index (Phi) is 5.46. The molecular weight excluding hydrogens is 368 g/mol. The molecule has 3 aromatic rings. The van der Waals surface area contributed by atoms with E-state index in [1.807, 2.05) is 35.2 Å². The third-order valence-electron chi connectivity index (χ3n) is 5.16.